The number of hydrogen-bond acceptors (Lipinski definition) is 0. The Morgan fingerprint density at radius 1 is 0.875 bits per heavy atom. The molecule has 2 aromatic rings. The molecule has 3 heteroatoms. The fourth-order valence-corrected chi connectivity index (χ4v) is 1.68. The molecular weight excluding hydrogens is 213 g/mol. The lowest BCUT2D eigenvalue weighted by Gasteiger charge is -2.06. The van der Waals surface area contributed by atoms with Crippen molar-refractivity contribution in [2.24, 2.45) is 0 Å². The van der Waals surface area contributed by atoms with E-state index >= 15 is 0 Å². The molecule has 0 aliphatic carbocycles. The van der Waals surface area contributed by atoms with Crippen molar-refractivity contribution in [2.45, 2.75) is 19.0 Å². The van der Waals surface area contributed by atoms with Gasteiger partial charge in [-0.1, -0.05) is 42.5 Å². The van der Waals surface area contributed by atoms with E-state index in [9.17, 15) is 13.2 Å². The van der Waals surface area contributed by atoms with Gasteiger partial charge < -0.3 is 0 Å². The molecule has 0 unspecified atom stereocenters. The summed E-state index contributed by atoms with van der Waals surface area (Å²) in [5.74, 6) is 0. The smallest absolute Gasteiger partial charge is 0.171 e. The van der Waals surface area contributed by atoms with Crippen LogP contribution in [0, 0.1) is 0 Å². The fraction of sp³-hybridized carbons (Fsp3) is 0.231. The Morgan fingerprint density at radius 2 is 1.56 bits per heavy atom. The zero-order chi connectivity index (χ0) is 11.6. The molecule has 0 bridgehead atoms. The molecule has 0 atom stereocenters. The summed E-state index contributed by atoms with van der Waals surface area (Å²) >= 11 is 0. The third kappa shape index (κ3) is 2.75. The topological polar surface area (TPSA) is 0 Å². The van der Waals surface area contributed by atoms with Crippen molar-refractivity contribution in [3.05, 3.63) is 48.0 Å². The van der Waals surface area contributed by atoms with E-state index in [1.54, 1.807) is 6.07 Å². The van der Waals surface area contributed by atoms with E-state index in [0.29, 0.717) is 0 Å². The largest absolute Gasteiger partial charge is 0.389 e. The van der Waals surface area contributed by atoms with E-state index in [1.807, 2.05) is 36.4 Å². The highest BCUT2D eigenvalue weighted by Gasteiger charge is 2.26. The number of benzene rings is 2. The molecule has 0 aromatic heterocycles. The molecule has 0 amide bonds. The van der Waals surface area contributed by atoms with Gasteiger partial charge in [0, 0.05) is 6.42 Å². The van der Waals surface area contributed by atoms with E-state index < -0.39 is 12.6 Å². The third-order valence-corrected chi connectivity index (χ3v) is 2.51. The fourth-order valence-electron chi connectivity index (χ4n) is 1.68. The summed E-state index contributed by atoms with van der Waals surface area (Å²) in [4.78, 5) is 0. The van der Waals surface area contributed by atoms with Gasteiger partial charge in [-0.05, 0) is 22.8 Å². The van der Waals surface area contributed by atoms with Crippen LogP contribution in [0.2, 0.25) is 0 Å². The number of halogens is 3. The molecule has 0 radical (unpaired) electrons. The Morgan fingerprint density at radius 3 is 2.25 bits per heavy atom. The summed E-state index contributed by atoms with van der Waals surface area (Å²) < 4.78 is 36.2. The second-order valence-corrected chi connectivity index (χ2v) is 3.80. The van der Waals surface area contributed by atoms with Crippen LogP contribution in [-0.2, 0) is 6.42 Å². The average Bonchev–Trinajstić information content (AvgIpc) is 2.25. The maximum absolute atomic E-state index is 12.1. The van der Waals surface area contributed by atoms with Crippen molar-refractivity contribution in [1.29, 1.82) is 0 Å². The van der Waals surface area contributed by atoms with Gasteiger partial charge in [0.15, 0.2) is 0 Å². The molecule has 0 nitrogen and oxygen atoms in total. The van der Waals surface area contributed by atoms with Crippen molar-refractivity contribution in [2.75, 3.05) is 0 Å². The number of hydrogen-bond donors (Lipinski definition) is 0. The van der Waals surface area contributed by atoms with E-state index in [1.165, 1.54) is 0 Å². The monoisotopic (exact) mass is 224 g/mol. The average molecular weight is 224 g/mol. The van der Waals surface area contributed by atoms with Crippen molar-refractivity contribution in [3.8, 4) is 0 Å². The van der Waals surface area contributed by atoms with Gasteiger partial charge in [-0.3, -0.25) is 0 Å². The molecule has 0 heterocycles. The Balaban J connectivity index is 2.20. The van der Waals surface area contributed by atoms with Crippen LogP contribution in [0.5, 0.6) is 0 Å². The number of alkyl halides is 3. The first kappa shape index (κ1) is 11.0. The van der Waals surface area contributed by atoms with Crippen molar-refractivity contribution in [1.82, 2.24) is 0 Å². The van der Waals surface area contributed by atoms with Crippen LogP contribution < -0.4 is 0 Å². The van der Waals surface area contributed by atoms with Crippen LogP contribution in [0.3, 0.4) is 0 Å². The summed E-state index contributed by atoms with van der Waals surface area (Å²) in [6, 6.07) is 13.1. The third-order valence-electron chi connectivity index (χ3n) is 2.51. The number of aryl methyl sites for hydroxylation is 1. The van der Waals surface area contributed by atoms with Crippen LogP contribution in [-0.4, -0.2) is 6.18 Å². The van der Waals surface area contributed by atoms with Crippen LogP contribution in [0.1, 0.15) is 12.0 Å². The highest BCUT2D eigenvalue weighted by Crippen LogP contribution is 2.23. The highest BCUT2D eigenvalue weighted by molar-refractivity contribution is 5.82. The minimum Gasteiger partial charge on any atom is -0.171 e. The summed E-state index contributed by atoms with van der Waals surface area (Å²) in [5.41, 5.74) is 0.732. The Labute approximate surface area is 91.7 Å². The maximum atomic E-state index is 12.1. The van der Waals surface area contributed by atoms with Gasteiger partial charge in [-0.15, -0.1) is 0 Å². The second kappa shape index (κ2) is 4.16. The Bertz CT molecular complexity index is 486. The van der Waals surface area contributed by atoms with Gasteiger partial charge in [0.05, 0.1) is 0 Å². The quantitative estimate of drug-likeness (QED) is 0.712. The summed E-state index contributed by atoms with van der Waals surface area (Å²) in [6.07, 6.45) is -4.79. The maximum Gasteiger partial charge on any atom is 0.389 e. The number of fused-ring (bicyclic) bond motifs is 1. The van der Waals surface area contributed by atoms with Crippen LogP contribution in [0.15, 0.2) is 42.5 Å². The summed E-state index contributed by atoms with van der Waals surface area (Å²) in [5, 5.41) is 2.04. The summed E-state index contributed by atoms with van der Waals surface area (Å²) in [6.45, 7) is 0. The molecule has 2 rings (SSSR count). The van der Waals surface area contributed by atoms with Gasteiger partial charge in [-0.2, -0.15) is 13.2 Å². The van der Waals surface area contributed by atoms with Gasteiger partial charge in [0.2, 0.25) is 0 Å². The van der Waals surface area contributed by atoms with Crippen molar-refractivity contribution >= 4 is 10.8 Å². The molecule has 2 aromatic carbocycles. The van der Waals surface area contributed by atoms with E-state index in [0.717, 1.165) is 16.3 Å². The van der Waals surface area contributed by atoms with Gasteiger partial charge in [0.25, 0.3) is 0 Å². The second-order valence-electron chi connectivity index (χ2n) is 3.80. The van der Waals surface area contributed by atoms with Crippen LogP contribution in [0.4, 0.5) is 13.2 Å². The number of rotatable bonds is 2. The molecule has 0 aliphatic heterocycles. The molecule has 84 valence electrons. The Kier molecular flexibility index (Phi) is 2.86. The zero-order valence-corrected chi connectivity index (χ0v) is 8.59. The van der Waals surface area contributed by atoms with E-state index in [4.69, 9.17) is 0 Å². The van der Waals surface area contributed by atoms with Crippen LogP contribution >= 0.6 is 0 Å². The van der Waals surface area contributed by atoms with Crippen molar-refractivity contribution < 1.29 is 13.2 Å². The van der Waals surface area contributed by atoms with Gasteiger partial charge in [0.1, 0.15) is 0 Å². The highest BCUT2D eigenvalue weighted by atomic mass is 19.4. The molecule has 0 saturated heterocycles. The van der Waals surface area contributed by atoms with E-state index in [-0.39, 0.29) is 6.42 Å². The SMILES string of the molecule is FC(F)(F)CCc1ccc2ccccc2c1. The lowest BCUT2D eigenvalue weighted by molar-refractivity contribution is -0.133. The predicted octanol–water partition coefficient (Wildman–Crippen LogP) is 4.33. The van der Waals surface area contributed by atoms with E-state index in [2.05, 4.69) is 0 Å². The lowest BCUT2D eigenvalue weighted by atomic mass is 10.0. The first-order chi connectivity index (χ1) is 7.54. The minimum absolute atomic E-state index is 0.0499. The minimum atomic E-state index is -4.08. The predicted molar refractivity (Wildman–Crippen MR) is 58.3 cm³/mol. The molecule has 0 spiro atoms. The van der Waals surface area contributed by atoms with Gasteiger partial charge >= 0.3 is 6.18 Å². The molecule has 0 aliphatic rings. The normalized spacial score (nSPS) is 11.9. The molecular formula is C13H11F3. The standard InChI is InChI=1S/C13H11F3/c14-13(15,16)8-7-10-5-6-11-3-1-2-4-12(11)9-10/h1-6,9H,7-8H2. The molecule has 0 N–H and O–H groups in total. The first-order valence-electron chi connectivity index (χ1n) is 5.09. The first-order valence-corrected chi connectivity index (χ1v) is 5.09. The lowest BCUT2D eigenvalue weighted by Crippen LogP contribution is -2.08. The molecule has 0 saturated carbocycles. The zero-order valence-electron chi connectivity index (χ0n) is 8.59. The Hall–Kier alpha value is -1.51. The molecule has 0 fully saturated rings. The molecule has 16 heavy (non-hydrogen) atoms. The van der Waals surface area contributed by atoms with Gasteiger partial charge in [-0.25, -0.2) is 0 Å². The van der Waals surface area contributed by atoms with Crippen molar-refractivity contribution in [3.63, 3.8) is 0 Å². The summed E-state index contributed by atoms with van der Waals surface area (Å²) in [7, 11) is 0. The van der Waals surface area contributed by atoms with Crippen LogP contribution in [0.25, 0.3) is 10.8 Å².